The molecule has 5 heteroatoms. The average molecular weight is 792 g/mol. The normalized spacial score (nSPS) is 11.5. The van der Waals surface area contributed by atoms with E-state index in [0.29, 0.717) is 17.6 Å². The standard InChI is InChI=1S/C57H37N5/c1-5-17-38(18-6-1)41-29-31-46(32-30-41)61-50-27-15-13-25-47(50)48-33-34-52-53(54(48)61)49-26-14-16-28-51(49)62(52)57-59-55(42-23-11-4-12-24-42)58-56(60-57)45-36-43(39-19-7-2-8-20-39)35-44(37-45)40-21-9-3-10-22-40/h1-37H. The molecule has 0 fully saturated rings. The topological polar surface area (TPSA) is 48.5 Å². The summed E-state index contributed by atoms with van der Waals surface area (Å²) in [6, 6.07) is 79.2. The molecule has 0 aliphatic heterocycles. The molecule has 290 valence electrons. The number of para-hydroxylation sites is 2. The highest BCUT2D eigenvalue weighted by molar-refractivity contribution is 6.26. The zero-order valence-corrected chi connectivity index (χ0v) is 33.6. The predicted octanol–water partition coefficient (Wildman–Crippen LogP) is 14.4. The fraction of sp³-hybridized carbons (Fsp3) is 0. The molecule has 0 atom stereocenters. The van der Waals surface area contributed by atoms with Gasteiger partial charge in [0.05, 0.1) is 22.1 Å². The first-order valence-corrected chi connectivity index (χ1v) is 20.9. The van der Waals surface area contributed by atoms with E-state index in [0.717, 1.165) is 71.9 Å². The fourth-order valence-corrected chi connectivity index (χ4v) is 9.09. The van der Waals surface area contributed by atoms with Crippen LogP contribution in [0.5, 0.6) is 0 Å². The van der Waals surface area contributed by atoms with Crippen LogP contribution in [-0.2, 0) is 0 Å². The van der Waals surface area contributed by atoms with Gasteiger partial charge < -0.3 is 4.57 Å². The van der Waals surface area contributed by atoms with Gasteiger partial charge in [-0.1, -0.05) is 176 Å². The second kappa shape index (κ2) is 14.7. The lowest BCUT2D eigenvalue weighted by Crippen LogP contribution is -2.06. The van der Waals surface area contributed by atoms with Gasteiger partial charge in [0, 0.05) is 38.4 Å². The molecular weight excluding hydrogens is 755 g/mol. The third-order valence-electron chi connectivity index (χ3n) is 12.0. The Hall–Kier alpha value is -8.41. The van der Waals surface area contributed by atoms with Crippen LogP contribution in [0, 0.1) is 0 Å². The van der Waals surface area contributed by atoms with E-state index in [1.54, 1.807) is 0 Å². The van der Waals surface area contributed by atoms with Crippen molar-refractivity contribution in [2.75, 3.05) is 0 Å². The van der Waals surface area contributed by atoms with Crippen LogP contribution in [0.1, 0.15) is 0 Å². The van der Waals surface area contributed by atoms with Gasteiger partial charge in [-0.25, -0.2) is 4.98 Å². The molecule has 12 aromatic rings. The van der Waals surface area contributed by atoms with E-state index >= 15 is 0 Å². The summed E-state index contributed by atoms with van der Waals surface area (Å²) in [6.07, 6.45) is 0. The number of hydrogen-bond acceptors (Lipinski definition) is 3. The van der Waals surface area contributed by atoms with Gasteiger partial charge in [0.1, 0.15) is 0 Å². The van der Waals surface area contributed by atoms with E-state index < -0.39 is 0 Å². The van der Waals surface area contributed by atoms with Crippen molar-refractivity contribution in [2.45, 2.75) is 0 Å². The van der Waals surface area contributed by atoms with Crippen LogP contribution in [0.25, 0.3) is 111 Å². The molecule has 0 amide bonds. The number of nitrogens with zero attached hydrogens (tertiary/aromatic N) is 5. The first kappa shape index (κ1) is 35.5. The van der Waals surface area contributed by atoms with Crippen molar-refractivity contribution in [1.82, 2.24) is 24.1 Å². The number of hydrogen-bond donors (Lipinski definition) is 0. The zero-order chi connectivity index (χ0) is 41.0. The first-order chi connectivity index (χ1) is 30.7. The second-order valence-corrected chi connectivity index (χ2v) is 15.7. The van der Waals surface area contributed by atoms with Crippen LogP contribution < -0.4 is 0 Å². The summed E-state index contributed by atoms with van der Waals surface area (Å²) in [4.78, 5) is 16.0. The lowest BCUT2D eigenvalue weighted by molar-refractivity contribution is 0.953. The monoisotopic (exact) mass is 791 g/mol. The van der Waals surface area contributed by atoms with Crippen molar-refractivity contribution in [1.29, 1.82) is 0 Å². The van der Waals surface area contributed by atoms with Gasteiger partial charge in [0.25, 0.3) is 0 Å². The molecule has 0 saturated carbocycles. The van der Waals surface area contributed by atoms with Gasteiger partial charge >= 0.3 is 0 Å². The van der Waals surface area contributed by atoms with Crippen LogP contribution in [0.4, 0.5) is 0 Å². The van der Waals surface area contributed by atoms with Gasteiger partial charge in [-0.2, -0.15) is 9.97 Å². The molecule has 3 aromatic heterocycles. The molecule has 0 spiro atoms. The molecule has 12 rings (SSSR count). The Bertz CT molecular complexity index is 3540. The quantitative estimate of drug-likeness (QED) is 0.162. The van der Waals surface area contributed by atoms with Crippen molar-refractivity contribution in [2.24, 2.45) is 0 Å². The molecule has 5 nitrogen and oxygen atoms in total. The molecule has 0 N–H and O–H groups in total. The van der Waals surface area contributed by atoms with E-state index in [4.69, 9.17) is 15.0 Å². The van der Waals surface area contributed by atoms with Crippen LogP contribution >= 0.6 is 0 Å². The largest absolute Gasteiger partial charge is 0.309 e. The molecule has 62 heavy (non-hydrogen) atoms. The van der Waals surface area contributed by atoms with E-state index in [1.807, 2.05) is 18.2 Å². The summed E-state index contributed by atoms with van der Waals surface area (Å²) in [5.41, 5.74) is 14.1. The Morgan fingerprint density at radius 3 is 1.32 bits per heavy atom. The van der Waals surface area contributed by atoms with Crippen LogP contribution in [0.15, 0.2) is 224 Å². The Morgan fingerprint density at radius 1 is 0.274 bits per heavy atom. The smallest absolute Gasteiger partial charge is 0.238 e. The van der Waals surface area contributed by atoms with Gasteiger partial charge in [-0.3, -0.25) is 4.57 Å². The van der Waals surface area contributed by atoms with Crippen LogP contribution in [0.3, 0.4) is 0 Å². The highest BCUT2D eigenvalue weighted by Crippen LogP contribution is 2.42. The molecule has 0 saturated heterocycles. The molecule has 0 unspecified atom stereocenters. The third kappa shape index (κ3) is 5.98. The van der Waals surface area contributed by atoms with Crippen molar-refractivity contribution >= 4 is 43.6 Å². The third-order valence-corrected chi connectivity index (χ3v) is 12.0. The molecular formula is C57H37N5. The van der Waals surface area contributed by atoms with Crippen LogP contribution in [-0.4, -0.2) is 24.1 Å². The van der Waals surface area contributed by atoms with Gasteiger partial charge in [-0.05, 0) is 81.9 Å². The highest BCUT2D eigenvalue weighted by atomic mass is 15.2. The van der Waals surface area contributed by atoms with Crippen molar-refractivity contribution in [3.8, 4) is 67.8 Å². The van der Waals surface area contributed by atoms with Crippen molar-refractivity contribution < 1.29 is 0 Å². The number of benzene rings is 9. The Labute approximate surface area is 358 Å². The Morgan fingerprint density at radius 2 is 0.726 bits per heavy atom. The molecule has 0 aliphatic rings. The summed E-state index contributed by atoms with van der Waals surface area (Å²) in [5, 5.41) is 4.66. The summed E-state index contributed by atoms with van der Waals surface area (Å²) in [5.74, 6) is 1.76. The first-order valence-electron chi connectivity index (χ1n) is 20.9. The van der Waals surface area contributed by atoms with E-state index in [2.05, 4.69) is 215 Å². The minimum absolute atomic E-state index is 0.556. The van der Waals surface area contributed by atoms with Crippen molar-refractivity contribution in [3.63, 3.8) is 0 Å². The molecule has 0 bridgehead atoms. The van der Waals surface area contributed by atoms with Gasteiger partial charge in [-0.15, -0.1) is 0 Å². The SMILES string of the molecule is c1ccc(-c2ccc(-n3c4ccccc4c4ccc5c(c6ccccc6n5-c5nc(-c6ccccc6)nc(-c6cc(-c7ccccc7)cc(-c7ccccc7)c6)n5)c43)cc2)cc1. The lowest BCUT2D eigenvalue weighted by Gasteiger charge is -2.13. The second-order valence-electron chi connectivity index (χ2n) is 15.7. The zero-order valence-electron chi connectivity index (χ0n) is 33.6. The van der Waals surface area contributed by atoms with E-state index in [1.165, 1.54) is 21.9 Å². The van der Waals surface area contributed by atoms with E-state index in [-0.39, 0.29) is 0 Å². The predicted molar refractivity (Wildman–Crippen MR) is 256 cm³/mol. The Kier molecular flexibility index (Phi) is 8.42. The van der Waals surface area contributed by atoms with Gasteiger partial charge in [0.15, 0.2) is 11.6 Å². The van der Waals surface area contributed by atoms with Crippen molar-refractivity contribution in [3.05, 3.63) is 224 Å². The molecule has 0 radical (unpaired) electrons. The maximum atomic E-state index is 5.42. The lowest BCUT2D eigenvalue weighted by atomic mass is 9.96. The maximum Gasteiger partial charge on any atom is 0.238 e. The summed E-state index contributed by atoms with van der Waals surface area (Å²) >= 11 is 0. The fourth-order valence-electron chi connectivity index (χ4n) is 9.09. The highest BCUT2D eigenvalue weighted by Gasteiger charge is 2.23. The molecule has 0 aliphatic carbocycles. The van der Waals surface area contributed by atoms with Crippen LogP contribution in [0.2, 0.25) is 0 Å². The minimum atomic E-state index is 0.556. The average Bonchev–Trinajstić information content (AvgIpc) is 3.88. The number of aromatic nitrogens is 5. The van der Waals surface area contributed by atoms with Gasteiger partial charge in [0.2, 0.25) is 5.95 Å². The Balaban J connectivity index is 1.13. The molecule has 3 heterocycles. The van der Waals surface area contributed by atoms with E-state index in [9.17, 15) is 0 Å². The number of fused-ring (bicyclic) bond motifs is 7. The minimum Gasteiger partial charge on any atom is -0.309 e. The number of rotatable bonds is 7. The summed E-state index contributed by atoms with van der Waals surface area (Å²) in [7, 11) is 0. The summed E-state index contributed by atoms with van der Waals surface area (Å²) < 4.78 is 4.65. The summed E-state index contributed by atoms with van der Waals surface area (Å²) in [6.45, 7) is 0. The maximum absolute atomic E-state index is 5.42. The molecule has 9 aromatic carbocycles.